The Kier molecular flexibility index (Phi) is 7.09. The molecule has 102 valence electrons. The summed E-state index contributed by atoms with van der Waals surface area (Å²) in [5.74, 6) is 7.13. The van der Waals surface area contributed by atoms with Gasteiger partial charge in [0, 0.05) is 13.2 Å². The van der Waals surface area contributed by atoms with Crippen LogP contribution in [0.15, 0.2) is 0 Å². The van der Waals surface area contributed by atoms with E-state index in [4.69, 9.17) is 10.6 Å². The highest BCUT2D eigenvalue weighted by Crippen LogP contribution is 2.30. The minimum Gasteiger partial charge on any atom is -0.379 e. The molecule has 3 heteroatoms. The zero-order valence-corrected chi connectivity index (χ0v) is 11.7. The van der Waals surface area contributed by atoms with Crippen LogP contribution in [0.5, 0.6) is 0 Å². The summed E-state index contributed by atoms with van der Waals surface area (Å²) in [4.78, 5) is 0. The molecule has 17 heavy (non-hydrogen) atoms. The second kappa shape index (κ2) is 8.06. The number of hydrazine groups is 1. The number of ether oxygens (including phenoxy) is 1. The van der Waals surface area contributed by atoms with E-state index < -0.39 is 0 Å². The van der Waals surface area contributed by atoms with E-state index in [0.717, 1.165) is 6.42 Å². The third-order valence-electron chi connectivity index (χ3n) is 4.35. The van der Waals surface area contributed by atoms with Gasteiger partial charge in [0.15, 0.2) is 0 Å². The molecule has 0 spiro atoms. The van der Waals surface area contributed by atoms with Crippen molar-refractivity contribution in [3.63, 3.8) is 0 Å². The molecule has 0 saturated heterocycles. The molecular weight excluding hydrogens is 212 g/mol. The largest absolute Gasteiger partial charge is 0.379 e. The van der Waals surface area contributed by atoms with Gasteiger partial charge >= 0.3 is 0 Å². The molecule has 0 bridgehead atoms. The minimum atomic E-state index is 0.286. The Morgan fingerprint density at radius 3 is 2.41 bits per heavy atom. The van der Waals surface area contributed by atoms with Crippen molar-refractivity contribution in [3.05, 3.63) is 0 Å². The summed E-state index contributed by atoms with van der Waals surface area (Å²) >= 11 is 0. The number of methoxy groups -OCH3 is 1. The highest BCUT2D eigenvalue weighted by molar-refractivity contribution is 4.84. The Hall–Kier alpha value is -0.120. The third-order valence-corrected chi connectivity index (χ3v) is 4.35. The van der Waals surface area contributed by atoms with E-state index in [0.29, 0.717) is 17.9 Å². The molecular formula is C14H30N2O. The Balaban J connectivity index is 2.54. The molecule has 0 amide bonds. The van der Waals surface area contributed by atoms with Crippen molar-refractivity contribution in [1.29, 1.82) is 0 Å². The summed E-state index contributed by atoms with van der Waals surface area (Å²) in [6, 6.07) is 0.304. The summed E-state index contributed by atoms with van der Waals surface area (Å²) in [6.07, 6.45) is 9.31. The van der Waals surface area contributed by atoms with Gasteiger partial charge in [-0.15, -0.1) is 0 Å². The molecule has 0 aromatic carbocycles. The molecule has 1 aliphatic carbocycles. The van der Waals surface area contributed by atoms with Gasteiger partial charge in [-0.2, -0.15) is 0 Å². The first-order valence-electron chi connectivity index (χ1n) is 7.21. The van der Waals surface area contributed by atoms with Gasteiger partial charge in [0.2, 0.25) is 0 Å². The normalized spacial score (nSPS) is 23.3. The van der Waals surface area contributed by atoms with Crippen molar-refractivity contribution in [2.45, 2.75) is 70.9 Å². The lowest BCUT2D eigenvalue weighted by atomic mass is 9.80. The quantitative estimate of drug-likeness (QED) is 0.533. The zero-order valence-electron chi connectivity index (χ0n) is 11.7. The maximum Gasteiger partial charge on any atom is 0.0765 e. The monoisotopic (exact) mass is 242 g/mol. The van der Waals surface area contributed by atoms with E-state index in [9.17, 15) is 0 Å². The standard InChI is InChI=1S/C14H30N2O/c1-4-11(2)10-13(16-15)14(17-3)12-8-6-5-7-9-12/h11-14,16H,4-10,15H2,1-3H3. The zero-order chi connectivity index (χ0) is 12.7. The van der Waals surface area contributed by atoms with Crippen molar-refractivity contribution in [1.82, 2.24) is 5.43 Å². The molecule has 0 aromatic rings. The number of hydrogen-bond donors (Lipinski definition) is 2. The fraction of sp³-hybridized carbons (Fsp3) is 1.00. The van der Waals surface area contributed by atoms with Crippen LogP contribution in [0.4, 0.5) is 0 Å². The van der Waals surface area contributed by atoms with Crippen LogP contribution in [0, 0.1) is 11.8 Å². The first kappa shape index (κ1) is 14.9. The van der Waals surface area contributed by atoms with Crippen LogP contribution >= 0.6 is 0 Å². The van der Waals surface area contributed by atoms with Gasteiger partial charge in [-0.3, -0.25) is 11.3 Å². The molecule has 1 aliphatic rings. The summed E-state index contributed by atoms with van der Waals surface area (Å²) in [5.41, 5.74) is 2.99. The maximum atomic E-state index is 5.75. The number of hydrogen-bond acceptors (Lipinski definition) is 3. The number of nitrogens with one attached hydrogen (secondary N) is 1. The fourth-order valence-corrected chi connectivity index (χ4v) is 3.05. The van der Waals surface area contributed by atoms with Crippen LogP contribution in [0.1, 0.15) is 58.8 Å². The highest BCUT2D eigenvalue weighted by atomic mass is 16.5. The van der Waals surface area contributed by atoms with E-state index in [-0.39, 0.29) is 6.10 Å². The van der Waals surface area contributed by atoms with Gasteiger partial charge in [-0.25, -0.2) is 0 Å². The second-order valence-corrected chi connectivity index (χ2v) is 5.62. The molecule has 0 radical (unpaired) electrons. The molecule has 3 N–H and O–H groups in total. The SMILES string of the molecule is CCC(C)CC(NN)C(OC)C1CCCCC1. The predicted octanol–water partition coefficient (Wildman–Crippen LogP) is 2.85. The Morgan fingerprint density at radius 2 is 1.94 bits per heavy atom. The lowest BCUT2D eigenvalue weighted by molar-refractivity contribution is 0.00243. The molecule has 1 fully saturated rings. The van der Waals surface area contributed by atoms with Crippen LogP contribution in [-0.4, -0.2) is 19.3 Å². The third kappa shape index (κ3) is 4.57. The van der Waals surface area contributed by atoms with Crippen LogP contribution < -0.4 is 11.3 Å². The lowest BCUT2D eigenvalue weighted by Crippen LogP contribution is -2.49. The van der Waals surface area contributed by atoms with E-state index in [1.807, 2.05) is 7.11 Å². The number of rotatable bonds is 7. The molecule has 0 aromatic heterocycles. The topological polar surface area (TPSA) is 47.3 Å². The van der Waals surface area contributed by atoms with Crippen molar-refractivity contribution < 1.29 is 4.74 Å². The molecule has 3 atom stereocenters. The van der Waals surface area contributed by atoms with Crippen molar-refractivity contribution >= 4 is 0 Å². The van der Waals surface area contributed by atoms with Gasteiger partial charge in [0.25, 0.3) is 0 Å². The fourth-order valence-electron chi connectivity index (χ4n) is 3.05. The maximum absolute atomic E-state index is 5.75. The summed E-state index contributed by atoms with van der Waals surface area (Å²) < 4.78 is 5.75. The average molecular weight is 242 g/mol. The second-order valence-electron chi connectivity index (χ2n) is 5.62. The average Bonchev–Trinajstić information content (AvgIpc) is 2.39. The Bertz CT molecular complexity index is 193. The van der Waals surface area contributed by atoms with Crippen LogP contribution in [0.25, 0.3) is 0 Å². The van der Waals surface area contributed by atoms with E-state index in [1.165, 1.54) is 38.5 Å². The summed E-state index contributed by atoms with van der Waals surface area (Å²) in [5, 5.41) is 0. The lowest BCUT2D eigenvalue weighted by Gasteiger charge is -2.35. The Morgan fingerprint density at radius 1 is 1.29 bits per heavy atom. The predicted molar refractivity (Wildman–Crippen MR) is 72.6 cm³/mol. The smallest absolute Gasteiger partial charge is 0.0765 e. The Labute approximate surface area is 106 Å². The van der Waals surface area contributed by atoms with Crippen LogP contribution in [0.3, 0.4) is 0 Å². The molecule has 1 rings (SSSR count). The first-order chi connectivity index (χ1) is 8.22. The summed E-state index contributed by atoms with van der Waals surface area (Å²) in [6.45, 7) is 4.53. The van der Waals surface area contributed by atoms with Crippen molar-refractivity contribution in [2.75, 3.05) is 7.11 Å². The van der Waals surface area contributed by atoms with Crippen molar-refractivity contribution in [2.24, 2.45) is 17.7 Å². The van der Waals surface area contributed by atoms with E-state index in [2.05, 4.69) is 19.3 Å². The van der Waals surface area contributed by atoms with Gasteiger partial charge in [-0.1, -0.05) is 39.5 Å². The molecule has 1 saturated carbocycles. The highest BCUT2D eigenvalue weighted by Gasteiger charge is 2.30. The van der Waals surface area contributed by atoms with Crippen LogP contribution in [0.2, 0.25) is 0 Å². The van der Waals surface area contributed by atoms with Gasteiger partial charge in [0.05, 0.1) is 6.10 Å². The van der Waals surface area contributed by atoms with Crippen molar-refractivity contribution in [3.8, 4) is 0 Å². The van der Waals surface area contributed by atoms with E-state index >= 15 is 0 Å². The molecule has 0 aliphatic heterocycles. The van der Waals surface area contributed by atoms with Gasteiger partial charge in [-0.05, 0) is 31.1 Å². The minimum absolute atomic E-state index is 0.286. The van der Waals surface area contributed by atoms with Crippen LogP contribution in [-0.2, 0) is 4.74 Å². The number of nitrogens with two attached hydrogens (primary N) is 1. The molecule has 0 heterocycles. The first-order valence-corrected chi connectivity index (χ1v) is 7.21. The summed E-state index contributed by atoms with van der Waals surface area (Å²) in [7, 11) is 1.83. The molecule has 3 nitrogen and oxygen atoms in total. The molecule has 3 unspecified atom stereocenters. The van der Waals surface area contributed by atoms with Gasteiger partial charge in [0.1, 0.15) is 0 Å². The van der Waals surface area contributed by atoms with Gasteiger partial charge < -0.3 is 4.74 Å². The van der Waals surface area contributed by atoms with E-state index in [1.54, 1.807) is 0 Å².